The Morgan fingerprint density at radius 3 is 2.57 bits per heavy atom. The van der Waals surface area contributed by atoms with Crippen LogP contribution in [0.1, 0.15) is 85.3 Å². The first kappa shape index (κ1) is 30.7. The normalized spacial score (nSPS) is 23.4. The van der Waals surface area contributed by atoms with Gasteiger partial charge >= 0.3 is 0 Å². The van der Waals surface area contributed by atoms with Crippen molar-refractivity contribution in [3.63, 3.8) is 0 Å². The van der Waals surface area contributed by atoms with E-state index >= 15 is 0 Å². The molecule has 5 atom stereocenters. The zero-order valence-electron chi connectivity index (χ0n) is 27.0. The van der Waals surface area contributed by atoms with Gasteiger partial charge in [0.2, 0.25) is 23.6 Å². The van der Waals surface area contributed by atoms with E-state index in [1.54, 1.807) is 27.7 Å². The lowest BCUT2D eigenvalue weighted by atomic mass is 9.72. The molecule has 3 aliphatic heterocycles. The van der Waals surface area contributed by atoms with Crippen LogP contribution in [-0.4, -0.2) is 51.5 Å². The zero-order valence-corrected chi connectivity index (χ0v) is 27.0. The Morgan fingerprint density at radius 1 is 1.11 bits per heavy atom. The molecule has 12 nitrogen and oxygen atoms in total. The molecule has 5 heterocycles. The van der Waals surface area contributed by atoms with Gasteiger partial charge < -0.3 is 34.6 Å². The average Bonchev–Trinajstić information content (AvgIpc) is 3.77. The van der Waals surface area contributed by atoms with Crippen LogP contribution in [0.2, 0.25) is 0 Å². The van der Waals surface area contributed by atoms with Crippen LogP contribution >= 0.6 is 0 Å². The number of aryl methyl sites for hydroxylation is 1. The average molecular weight is 640 g/mol. The molecule has 2 unspecified atom stereocenters. The molecule has 0 fully saturated rings. The second kappa shape index (κ2) is 10.8. The summed E-state index contributed by atoms with van der Waals surface area (Å²) in [4.78, 5) is 48.4. The highest BCUT2D eigenvalue weighted by Gasteiger charge is 2.61. The van der Waals surface area contributed by atoms with Gasteiger partial charge in [-0.1, -0.05) is 65.0 Å². The highest BCUT2D eigenvalue weighted by Crippen LogP contribution is 2.59. The molecule has 0 radical (unpaired) electrons. The lowest BCUT2D eigenvalue weighted by Crippen LogP contribution is -2.53. The van der Waals surface area contributed by atoms with Gasteiger partial charge in [-0.15, -0.1) is 0 Å². The fraction of sp³-hybridized carbons (Fsp3) is 0.400. The third-order valence-electron chi connectivity index (χ3n) is 9.27. The fourth-order valence-corrected chi connectivity index (χ4v) is 6.71. The fourth-order valence-electron chi connectivity index (χ4n) is 6.71. The maximum absolute atomic E-state index is 14.0. The van der Waals surface area contributed by atoms with E-state index < -0.39 is 47.1 Å². The molecule has 7 rings (SSSR count). The zero-order chi connectivity index (χ0) is 33.4. The van der Waals surface area contributed by atoms with Gasteiger partial charge in [-0.2, -0.15) is 0 Å². The van der Waals surface area contributed by atoms with Crippen molar-refractivity contribution >= 4 is 23.8 Å². The molecule has 4 N–H and O–H groups in total. The first-order valence-corrected chi connectivity index (χ1v) is 15.7. The van der Waals surface area contributed by atoms with Crippen molar-refractivity contribution in [1.29, 1.82) is 0 Å². The van der Waals surface area contributed by atoms with Gasteiger partial charge in [0, 0.05) is 17.7 Å². The topological polar surface area (TPSA) is 169 Å². The summed E-state index contributed by atoms with van der Waals surface area (Å²) in [5.74, 6) is 0.309. The second-order valence-electron chi connectivity index (χ2n) is 13.9. The van der Waals surface area contributed by atoms with Crippen molar-refractivity contribution in [2.45, 2.75) is 77.8 Å². The molecule has 3 aliphatic rings. The number of hydrogen-bond donors (Lipinski definition) is 4. The van der Waals surface area contributed by atoms with Gasteiger partial charge in [0.05, 0.1) is 0 Å². The Labute approximate surface area is 271 Å². The highest BCUT2D eigenvalue weighted by molar-refractivity contribution is 5.90. The molecule has 4 bridgehead atoms. The molecule has 47 heavy (non-hydrogen) atoms. The molecule has 0 saturated carbocycles. The van der Waals surface area contributed by atoms with E-state index in [1.165, 1.54) is 0 Å². The Kier molecular flexibility index (Phi) is 7.05. The smallest absolute Gasteiger partial charge is 0.250 e. The number of ether oxygens (including phenoxy) is 1. The van der Waals surface area contributed by atoms with Crippen LogP contribution in [0.3, 0.4) is 0 Å². The highest BCUT2D eigenvalue weighted by atomic mass is 16.5. The number of oxazole rings is 2. The first-order valence-electron chi connectivity index (χ1n) is 15.7. The van der Waals surface area contributed by atoms with E-state index in [2.05, 4.69) is 20.9 Å². The third kappa shape index (κ3) is 4.72. The lowest BCUT2D eigenvalue weighted by Gasteiger charge is -2.30. The van der Waals surface area contributed by atoms with Crippen molar-refractivity contribution in [2.75, 3.05) is 5.32 Å². The number of aliphatic hydroxyl groups is 1. The predicted octanol–water partition coefficient (Wildman–Crippen LogP) is 4.19. The predicted molar refractivity (Wildman–Crippen MR) is 170 cm³/mol. The Bertz CT molecular complexity index is 1920. The summed E-state index contributed by atoms with van der Waals surface area (Å²) in [5.41, 5.74) is 1.84. The van der Waals surface area contributed by atoms with Gasteiger partial charge in [0.25, 0.3) is 0 Å². The number of anilines is 1. The van der Waals surface area contributed by atoms with Crippen molar-refractivity contribution in [1.82, 2.24) is 20.6 Å². The number of nitrogens with one attached hydrogen (secondary N) is 3. The Morgan fingerprint density at radius 2 is 1.87 bits per heavy atom. The van der Waals surface area contributed by atoms with Crippen molar-refractivity contribution in [3.05, 3.63) is 82.3 Å². The Hall–Kier alpha value is -4.97. The first-order chi connectivity index (χ1) is 22.3. The second-order valence-corrected chi connectivity index (χ2v) is 13.9. The van der Waals surface area contributed by atoms with Crippen LogP contribution in [-0.2, 0) is 21.4 Å². The number of para-hydroxylation sites is 1. The number of rotatable bonds is 5. The molecule has 4 aromatic rings. The molecule has 2 amide bonds. The van der Waals surface area contributed by atoms with Gasteiger partial charge in [0.1, 0.15) is 40.8 Å². The molecule has 2 aromatic heterocycles. The minimum absolute atomic E-state index is 0.0988. The van der Waals surface area contributed by atoms with Crippen LogP contribution in [0, 0.1) is 18.3 Å². The molecule has 2 aromatic carbocycles. The summed E-state index contributed by atoms with van der Waals surface area (Å²) in [7, 11) is 0. The van der Waals surface area contributed by atoms with E-state index in [-0.39, 0.29) is 35.5 Å². The Balaban J connectivity index is 1.48. The summed E-state index contributed by atoms with van der Waals surface area (Å²) in [5, 5.41) is 20.1. The van der Waals surface area contributed by atoms with Gasteiger partial charge in [-0.05, 0) is 41.5 Å². The maximum Gasteiger partial charge on any atom is 0.250 e. The molecular formula is C35H37N5O7. The number of hydrogen-bond acceptors (Lipinski definition) is 10. The molecule has 0 aliphatic carbocycles. The van der Waals surface area contributed by atoms with Crippen LogP contribution < -0.4 is 20.7 Å². The summed E-state index contributed by atoms with van der Waals surface area (Å²) in [6.45, 7) is 10.7. The van der Waals surface area contributed by atoms with Crippen molar-refractivity contribution < 1.29 is 33.1 Å². The van der Waals surface area contributed by atoms with Crippen LogP contribution in [0.25, 0.3) is 11.6 Å². The van der Waals surface area contributed by atoms with Gasteiger partial charge in [-0.25, -0.2) is 9.97 Å². The summed E-state index contributed by atoms with van der Waals surface area (Å²) < 4.78 is 19.4. The van der Waals surface area contributed by atoms with Crippen molar-refractivity contribution in [3.8, 4) is 17.3 Å². The number of aromatic nitrogens is 2. The van der Waals surface area contributed by atoms with E-state index in [0.29, 0.717) is 23.6 Å². The molecule has 12 heteroatoms. The SMILES string of the molecule is Cc1oc(-c2nc3oc2C24c5ccccc5NC2Oc2ccc(cc24)C[C@H](NC(=O)[C@@H](O)C(C)(C)C)C(=O)N[C@H]3C(C)C)nc1C=O. The number of nitrogens with zero attached hydrogens (tertiary/aromatic N) is 2. The quantitative estimate of drug-likeness (QED) is 0.232. The number of benzene rings is 2. The number of fused-ring (bicyclic) bond motifs is 4. The summed E-state index contributed by atoms with van der Waals surface area (Å²) >= 11 is 0. The molecular weight excluding hydrogens is 602 g/mol. The number of aliphatic hydroxyl groups excluding tert-OH is 1. The lowest BCUT2D eigenvalue weighted by molar-refractivity contribution is -0.138. The van der Waals surface area contributed by atoms with Gasteiger partial charge in [0.15, 0.2) is 24.0 Å². The van der Waals surface area contributed by atoms with Crippen molar-refractivity contribution in [2.24, 2.45) is 11.3 Å². The number of amides is 2. The minimum atomic E-state index is -1.34. The van der Waals surface area contributed by atoms with Crippen LogP contribution in [0.5, 0.6) is 5.75 Å². The number of aldehydes is 1. The van der Waals surface area contributed by atoms with E-state index in [4.69, 9.17) is 18.6 Å². The van der Waals surface area contributed by atoms with E-state index in [9.17, 15) is 19.5 Å². The molecule has 244 valence electrons. The summed E-state index contributed by atoms with van der Waals surface area (Å²) in [6, 6.07) is 11.7. The third-order valence-corrected chi connectivity index (χ3v) is 9.27. The maximum atomic E-state index is 14.0. The van der Waals surface area contributed by atoms with E-state index in [1.807, 2.05) is 56.3 Å². The van der Waals surface area contributed by atoms with E-state index in [0.717, 1.165) is 22.4 Å². The number of carbonyl (C=O) groups excluding carboxylic acids is 3. The van der Waals surface area contributed by atoms with Crippen LogP contribution in [0.4, 0.5) is 5.69 Å². The standard InChI is InChI=1S/C35H37N5O7/c1-16(2)25-31-40-26(32-37-23(15-41)17(3)45-32)28(47-31)35-19-9-7-8-10-21(19)38-33(35)46-24-12-11-18(13-20(24)35)14-22(29(43)39-25)36-30(44)27(42)34(4,5)6/h7-13,15-16,22,25,27,33,38,42H,14H2,1-6H3,(H,36,44)(H,39,43)/t22-,25-,27+,33?,35?/m0/s1. The largest absolute Gasteiger partial charge is 0.469 e. The minimum Gasteiger partial charge on any atom is -0.469 e. The molecule has 0 saturated heterocycles. The summed E-state index contributed by atoms with van der Waals surface area (Å²) in [6.07, 6.45) is -1.21. The monoisotopic (exact) mass is 639 g/mol. The molecule has 1 spiro atoms. The van der Waals surface area contributed by atoms with Gasteiger partial charge in [-0.3, -0.25) is 14.4 Å². The van der Waals surface area contributed by atoms with Crippen LogP contribution in [0.15, 0.2) is 51.3 Å². The number of carbonyl (C=O) groups is 3.